The molecule has 2 aromatic heterocycles. The molecule has 4 nitrogen and oxygen atoms in total. The van der Waals surface area contributed by atoms with Crippen molar-refractivity contribution in [2.24, 2.45) is 22.7 Å². The largest absolute Gasteiger partial charge is 0.518 e. The van der Waals surface area contributed by atoms with Crippen molar-refractivity contribution in [2.45, 2.75) is 91.3 Å². The van der Waals surface area contributed by atoms with E-state index >= 15 is 0 Å². The van der Waals surface area contributed by atoms with Crippen LogP contribution in [0.25, 0.3) is 22.4 Å². The molecule has 2 N–H and O–H groups in total. The Hall–Kier alpha value is -1.52. The number of rotatable bonds is 5. The summed E-state index contributed by atoms with van der Waals surface area (Å²) in [5.41, 5.74) is 1.76. The van der Waals surface area contributed by atoms with E-state index in [2.05, 4.69) is 38.7 Å². The zero-order valence-corrected chi connectivity index (χ0v) is 24.6. The van der Waals surface area contributed by atoms with E-state index in [0.29, 0.717) is 11.7 Å². The van der Waals surface area contributed by atoms with Crippen LogP contribution in [0, 0.1) is 28.7 Å². The fourth-order valence-electron chi connectivity index (χ4n) is 6.95. The average Bonchev–Trinajstić information content (AvgIpc) is 3.42. The standard InChI is InChI=1S/C18H34O2.C13H8NO.Ir/c1-5-17(6-2)11-9-10-13-12-18(7-3,8-4)16(20)14(13)15(17)19;1-2-7-12-10(5-1)9-13(15-12)11-6-3-4-8-14-11;/h13-16,19-20H,5-12H2,1-4H3;1-8H;/q;-1;. The van der Waals surface area contributed by atoms with E-state index in [1.165, 1.54) is 12.8 Å². The Balaban J connectivity index is 0.000000202. The molecule has 2 fully saturated rings. The first kappa shape index (κ1) is 29.0. The summed E-state index contributed by atoms with van der Waals surface area (Å²) in [5, 5.41) is 23.1. The predicted molar refractivity (Wildman–Crippen MR) is 142 cm³/mol. The number of fused-ring (bicyclic) bond motifs is 2. The summed E-state index contributed by atoms with van der Waals surface area (Å²) in [4.78, 5) is 4.22. The van der Waals surface area contributed by atoms with Crippen LogP contribution in [0.2, 0.25) is 0 Å². The predicted octanol–water partition coefficient (Wildman–Crippen LogP) is 7.43. The Morgan fingerprint density at radius 1 is 0.917 bits per heavy atom. The number of para-hydroxylation sites is 1. The first-order valence-electron chi connectivity index (χ1n) is 13.6. The maximum Gasteiger partial charge on any atom is 0.0651 e. The minimum absolute atomic E-state index is 0. The third-order valence-electron chi connectivity index (χ3n) is 9.51. The molecule has 0 bridgehead atoms. The van der Waals surface area contributed by atoms with Crippen LogP contribution in [0.4, 0.5) is 0 Å². The third kappa shape index (κ3) is 5.36. The molecule has 4 unspecified atom stereocenters. The number of benzene rings is 1. The Labute approximate surface area is 230 Å². The SMILES string of the molecule is CCC1(CC)CCCC2CC(CC)(CC)C(O)C2C1O.[Ir].[c-]1c(-c2ccccn2)oc2ccccc12. The number of nitrogens with zero attached hydrogens (tertiary/aromatic N) is 1. The molecule has 3 aromatic rings. The molecular weight excluding hydrogens is 627 g/mol. The van der Waals surface area contributed by atoms with Crippen molar-refractivity contribution in [1.82, 2.24) is 4.98 Å². The second kappa shape index (κ2) is 12.3. The van der Waals surface area contributed by atoms with Gasteiger partial charge in [0.1, 0.15) is 0 Å². The zero-order chi connectivity index (χ0) is 25.1. The van der Waals surface area contributed by atoms with Crippen LogP contribution in [-0.2, 0) is 20.1 Å². The summed E-state index contributed by atoms with van der Waals surface area (Å²) >= 11 is 0. The molecule has 2 aliphatic rings. The van der Waals surface area contributed by atoms with Crippen molar-refractivity contribution in [3.8, 4) is 11.5 Å². The quantitative estimate of drug-likeness (QED) is 0.278. The van der Waals surface area contributed by atoms with Gasteiger partial charge in [0.15, 0.2) is 0 Å². The van der Waals surface area contributed by atoms with Gasteiger partial charge in [-0.05, 0) is 67.8 Å². The van der Waals surface area contributed by atoms with Gasteiger partial charge in [-0.2, -0.15) is 0 Å². The maximum atomic E-state index is 11.1. The molecule has 5 heteroatoms. The third-order valence-corrected chi connectivity index (χ3v) is 9.51. The molecule has 0 aliphatic heterocycles. The zero-order valence-electron chi connectivity index (χ0n) is 22.2. The van der Waals surface area contributed by atoms with Gasteiger partial charge in [-0.3, -0.25) is 0 Å². The Bertz CT molecular complexity index is 1040. The molecule has 1 aromatic carbocycles. The summed E-state index contributed by atoms with van der Waals surface area (Å²) in [7, 11) is 0. The summed E-state index contributed by atoms with van der Waals surface area (Å²) in [6.07, 6.45) is 9.92. The normalized spacial score (nSPS) is 26.3. The van der Waals surface area contributed by atoms with Crippen molar-refractivity contribution in [3.63, 3.8) is 0 Å². The molecule has 4 atom stereocenters. The van der Waals surface area contributed by atoms with Crippen LogP contribution >= 0.6 is 0 Å². The molecule has 2 heterocycles. The summed E-state index contributed by atoms with van der Waals surface area (Å²) in [6.45, 7) is 8.83. The van der Waals surface area contributed by atoms with Gasteiger partial charge in [0.25, 0.3) is 0 Å². The monoisotopic (exact) mass is 669 g/mol. The molecule has 1 radical (unpaired) electrons. The van der Waals surface area contributed by atoms with Gasteiger partial charge in [-0.1, -0.05) is 64.4 Å². The van der Waals surface area contributed by atoms with Gasteiger partial charge in [0, 0.05) is 43.5 Å². The second-order valence-corrected chi connectivity index (χ2v) is 10.7. The second-order valence-electron chi connectivity index (χ2n) is 10.7. The van der Waals surface area contributed by atoms with Gasteiger partial charge in [0.2, 0.25) is 0 Å². The number of hydrogen-bond acceptors (Lipinski definition) is 4. The van der Waals surface area contributed by atoms with Crippen molar-refractivity contribution in [2.75, 3.05) is 0 Å². The van der Waals surface area contributed by atoms with Gasteiger partial charge < -0.3 is 19.6 Å². The first-order chi connectivity index (χ1) is 16.9. The average molecular weight is 669 g/mol. The van der Waals surface area contributed by atoms with E-state index < -0.39 is 0 Å². The molecule has 199 valence electrons. The Morgan fingerprint density at radius 2 is 1.56 bits per heavy atom. The molecule has 0 amide bonds. The topological polar surface area (TPSA) is 66.5 Å². The van der Waals surface area contributed by atoms with Crippen LogP contribution in [0.1, 0.15) is 79.1 Å². The van der Waals surface area contributed by atoms with Crippen LogP contribution in [0.3, 0.4) is 0 Å². The minimum atomic E-state index is -0.319. The van der Waals surface area contributed by atoms with Crippen molar-refractivity contribution in [3.05, 3.63) is 54.7 Å². The van der Waals surface area contributed by atoms with Crippen LogP contribution in [0.5, 0.6) is 0 Å². The van der Waals surface area contributed by atoms with Gasteiger partial charge in [-0.25, -0.2) is 0 Å². The molecule has 36 heavy (non-hydrogen) atoms. The molecular formula is C31H42IrNO3-. The fraction of sp³-hybridized carbons (Fsp3) is 0.581. The number of hydrogen-bond donors (Lipinski definition) is 2. The van der Waals surface area contributed by atoms with Crippen LogP contribution < -0.4 is 0 Å². The molecule has 2 saturated carbocycles. The van der Waals surface area contributed by atoms with E-state index in [1.54, 1.807) is 6.20 Å². The summed E-state index contributed by atoms with van der Waals surface area (Å²) < 4.78 is 5.64. The minimum Gasteiger partial charge on any atom is -0.518 e. The summed E-state index contributed by atoms with van der Waals surface area (Å²) in [5.74, 6) is 1.33. The number of aliphatic hydroxyl groups excluding tert-OH is 2. The van der Waals surface area contributed by atoms with E-state index in [4.69, 9.17) is 4.42 Å². The van der Waals surface area contributed by atoms with Crippen LogP contribution in [-0.4, -0.2) is 27.4 Å². The number of pyridine rings is 1. The van der Waals surface area contributed by atoms with Gasteiger partial charge >= 0.3 is 0 Å². The fourth-order valence-corrected chi connectivity index (χ4v) is 6.95. The Kier molecular flexibility index (Phi) is 9.96. The maximum absolute atomic E-state index is 11.1. The summed E-state index contributed by atoms with van der Waals surface area (Å²) in [6, 6.07) is 16.7. The molecule has 2 aliphatic carbocycles. The number of furan rings is 1. The number of aromatic nitrogens is 1. The van der Waals surface area contributed by atoms with Crippen LogP contribution in [0.15, 0.2) is 53.1 Å². The van der Waals surface area contributed by atoms with E-state index in [0.717, 1.165) is 55.2 Å². The smallest absolute Gasteiger partial charge is 0.0651 e. The van der Waals surface area contributed by atoms with Gasteiger partial charge in [0.05, 0.1) is 18.0 Å². The molecule has 0 spiro atoms. The van der Waals surface area contributed by atoms with E-state index in [9.17, 15) is 10.2 Å². The molecule has 5 rings (SSSR count). The Morgan fingerprint density at radius 3 is 2.17 bits per heavy atom. The number of aliphatic hydroxyl groups is 2. The van der Waals surface area contributed by atoms with Crippen molar-refractivity contribution >= 4 is 11.0 Å². The van der Waals surface area contributed by atoms with Crippen molar-refractivity contribution < 1.29 is 34.7 Å². The van der Waals surface area contributed by atoms with E-state index in [1.807, 2.05) is 42.5 Å². The first-order valence-corrected chi connectivity index (χ1v) is 13.6. The van der Waals surface area contributed by atoms with Crippen molar-refractivity contribution in [1.29, 1.82) is 0 Å². The molecule has 0 saturated heterocycles. The van der Waals surface area contributed by atoms with Gasteiger partial charge in [-0.15, -0.1) is 17.5 Å². The van der Waals surface area contributed by atoms with E-state index in [-0.39, 0.29) is 49.1 Å².